The number of rotatable bonds is 5. The highest BCUT2D eigenvalue weighted by Crippen LogP contribution is 2.31. The summed E-state index contributed by atoms with van der Waals surface area (Å²) in [4.78, 5) is 24.0. The second kappa shape index (κ2) is 7.97. The molecule has 3 rings (SSSR count). The molecule has 26 heavy (non-hydrogen) atoms. The summed E-state index contributed by atoms with van der Waals surface area (Å²) in [6.45, 7) is 0.446. The van der Waals surface area contributed by atoms with Crippen LogP contribution in [0.3, 0.4) is 0 Å². The number of esters is 1. The van der Waals surface area contributed by atoms with E-state index in [0.717, 1.165) is 0 Å². The third kappa shape index (κ3) is 4.18. The molecule has 0 saturated carbocycles. The number of nitrogens with one attached hydrogen (secondary N) is 1. The molecule has 1 heterocycles. The molecule has 0 radical (unpaired) electrons. The number of amides is 1. The molecule has 8 heteroatoms. The molecule has 136 valence electrons. The lowest BCUT2D eigenvalue weighted by Gasteiger charge is -2.18. The average molecular weight is 378 g/mol. The molecule has 0 spiro atoms. The molecule has 2 aromatic rings. The Balaban J connectivity index is 1.55. The van der Waals surface area contributed by atoms with Crippen LogP contribution in [0.1, 0.15) is 10.4 Å². The molecule has 0 atom stereocenters. The van der Waals surface area contributed by atoms with Gasteiger partial charge in [0.1, 0.15) is 19.0 Å². The molecule has 0 fully saturated rings. The Bertz CT molecular complexity index is 838. The first-order valence-electron chi connectivity index (χ1n) is 7.77. The number of fused-ring (bicyclic) bond motifs is 1. The van der Waals surface area contributed by atoms with E-state index in [1.165, 1.54) is 13.2 Å². The lowest BCUT2D eigenvalue weighted by molar-refractivity contribution is -0.119. The van der Waals surface area contributed by atoms with Crippen LogP contribution in [0, 0.1) is 0 Å². The van der Waals surface area contributed by atoms with Gasteiger partial charge in [-0.2, -0.15) is 0 Å². The minimum Gasteiger partial charge on any atom is -0.495 e. The number of halogens is 1. The normalized spacial score (nSPS) is 12.2. The molecule has 0 aromatic heterocycles. The van der Waals surface area contributed by atoms with Gasteiger partial charge in [0, 0.05) is 5.69 Å². The van der Waals surface area contributed by atoms with Gasteiger partial charge in [-0.3, -0.25) is 4.79 Å². The highest BCUT2D eigenvalue weighted by molar-refractivity contribution is 6.32. The number of anilines is 1. The van der Waals surface area contributed by atoms with E-state index in [1.807, 2.05) is 0 Å². The van der Waals surface area contributed by atoms with Crippen molar-refractivity contribution in [1.29, 1.82) is 0 Å². The van der Waals surface area contributed by atoms with Gasteiger partial charge in [-0.15, -0.1) is 0 Å². The Labute approximate surface area is 154 Å². The number of hydrogen-bond acceptors (Lipinski definition) is 6. The quantitative estimate of drug-likeness (QED) is 0.807. The summed E-state index contributed by atoms with van der Waals surface area (Å²) < 4.78 is 20.9. The third-order valence-corrected chi connectivity index (χ3v) is 3.84. The fourth-order valence-electron chi connectivity index (χ4n) is 2.33. The Morgan fingerprint density at radius 3 is 2.62 bits per heavy atom. The summed E-state index contributed by atoms with van der Waals surface area (Å²) in [5.74, 6) is 0.418. The van der Waals surface area contributed by atoms with Gasteiger partial charge in [0.2, 0.25) is 0 Å². The van der Waals surface area contributed by atoms with E-state index < -0.39 is 18.5 Å². The molecular weight excluding hydrogens is 362 g/mol. The Morgan fingerprint density at radius 1 is 1.12 bits per heavy atom. The molecule has 1 amide bonds. The zero-order valence-electron chi connectivity index (χ0n) is 13.9. The zero-order valence-corrected chi connectivity index (χ0v) is 14.7. The first kappa shape index (κ1) is 17.9. The lowest BCUT2D eigenvalue weighted by atomic mass is 10.2. The van der Waals surface area contributed by atoms with Crippen LogP contribution in [-0.4, -0.2) is 38.8 Å². The van der Waals surface area contributed by atoms with Gasteiger partial charge in [0.25, 0.3) is 5.91 Å². The van der Waals surface area contributed by atoms with E-state index in [4.69, 9.17) is 30.5 Å². The minimum atomic E-state index is -0.634. The van der Waals surface area contributed by atoms with Crippen LogP contribution in [0.5, 0.6) is 17.2 Å². The predicted octanol–water partition coefficient (Wildman–Crippen LogP) is 2.92. The maximum absolute atomic E-state index is 12.1. The summed E-state index contributed by atoms with van der Waals surface area (Å²) in [6, 6.07) is 9.50. The van der Waals surface area contributed by atoms with Crippen molar-refractivity contribution in [1.82, 2.24) is 0 Å². The van der Waals surface area contributed by atoms with E-state index in [2.05, 4.69) is 5.32 Å². The summed E-state index contributed by atoms with van der Waals surface area (Å²) in [7, 11) is 1.50. The molecule has 1 N–H and O–H groups in total. The van der Waals surface area contributed by atoms with Crippen LogP contribution in [0.15, 0.2) is 36.4 Å². The van der Waals surface area contributed by atoms with Gasteiger partial charge >= 0.3 is 5.97 Å². The van der Waals surface area contributed by atoms with E-state index in [-0.39, 0.29) is 5.56 Å². The fraction of sp³-hybridized carbons (Fsp3) is 0.222. The molecule has 0 saturated heterocycles. The molecule has 0 aliphatic carbocycles. The van der Waals surface area contributed by atoms with Crippen LogP contribution in [0.4, 0.5) is 5.69 Å². The standard InChI is InChI=1S/C18H16ClNO6/c1-23-14-5-3-12(9-13(14)19)20-17(21)10-26-18(22)11-2-4-15-16(8-11)25-7-6-24-15/h2-5,8-9H,6-7,10H2,1H3,(H,20,21). The average Bonchev–Trinajstić information content (AvgIpc) is 2.66. The van der Waals surface area contributed by atoms with Crippen molar-refractivity contribution in [3.63, 3.8) is 0 Å². The summed E-state index contributed by atoms with van der Waals surface area (Å²) in [6.07, 6.45) is 0. The fourth-order valence-corrected chi connectivity index (χ4v) is 2.58. The molecule has 0 unspecified atom stereocenters. The highest BCUT2D eigenvalue weighted by Gasteiger charge is 2.16. The highest BCUT2D eigenvalue weighted by atomic mass is 35.5. The first-order valence-corrected chi connectivity index (χ1v) is 8.15. The summed E-state index contributed by atoms with van der Waals surface area (Å²) in [5.41, 5.74) is 0.741. The van der Waals surface area contributed by atoms with E-state index in [9.17, 15) is 9.59 Å². The Kier molecular flexibility index (Phi) is 5.48. The van der Waals surface area contributed by atoms with Gasteiger partial charge in [0.15, 0.2) is 18.1 Å². The monoisotopic (exact) mass is 377 g/mol. The topological polar surface area (TPSA) is 83.1 Å². The minimum absolute atomic E-state index is 0.273. The maximum Gasteiger partial charge on any atom is 0.338 e. The van der Waals surface area contributed by atoms with E-state index in [1.54, 1.807) is 30.3 Å². The maximum atomic E-state index is 12.1. The van der Waals surface area contributed by atoms with Crippen molar-refractivity contribution in [3.05, 3.63) is 47.0 Å². The van der Waals surface area contributed by atoms with Gasteiger partial charge in [-0.05, 0) is 36.4 Å². The second-order valence-corrected chi connectivity index (χ2v) is 5.74. The molecule has 2 aromatic carbocycles. The lowest BCUT2D eigenvalue weighted by Crippen LogP contribution is -2.21. The van der Waals surface area contributed by atoms with Crippen molar-refractivity contribution < 1.29 is 28.5 Å². The zero-order chi connectivity index (χ0) is 18.5. The molecule has 7 nitrogen and oxygen atoms in total. The third-order valence-electron chi connectivity index (χ3n) is 3.55. The number of methoxy groups -OCH3 is 1. The largest absolute Gasteiger partial charge is 0.495 e. The van der Waals surface area contributed by atoms with E-state index >= 15 is 0 Å². The summed E-state index contributed by atoms with van der Waals surface area (Å²) >= 11 is 5.99. The van der Waals surface area contributed by atoms with Crippen LogP contribution in [0.2, 0.25) is 5.02 Å². The molecule has 1 aliphatic rings. The van der Waals surface area contributed by atoms with Crippen LogP contribution in [-0.2, 0) is 9.53 Å². The van der Waals surface area contributed by atoms with Crippen molar-refractivity contribution in [3.8, 4) is 17.2 Å². The predicted molar refractivity (Wildman–Crippen MR) is 94.3 cm³/mol. The van der Waals surface area contributed by atoms with Crippen molar-refractivity contribution in [2.75, 3.05) is 32.2 Å². The van der Waals surface area contributed by atoms with Gasteiger partial charge < -0.3 is 24.3 Å². The van der Waals surface area contributed by atoms with E-state index in [0.29, 0.717) is 41.2 Å². The number of carbonyl (C=O) groups excluding carboxylic acids is 2. The van der Waals surface area contributed by atoms with Crippen LogP contribution < -0.4 is 19.5 Å². The van der Waals surface area contributed by atoms with Crippen molar-refractivity contribution >= 4 is 29.2 Å². The Hall–Kier alpha value is -2.93. The number of benzene rings is 2. The summed E-state index contributed by atoms with van der Waals surface area (Å²) in [5, 5.41) is 2.95. The van der Waals surface area contributed by atoms with Gasteiger partial charge in [-0.1, -0.05) is 11.6 Å². The van der Waals surface area contributed by atoms with Crippen LogP contribution in [0.25, 0.3) is 0 Å². The van der Waals surface area contributed by atoms with Gasteiger partial charge in [-0.25, -0.2) is 4.79 Å². The number of hydrogen-bond donors (Lipinski definition) is 1. The number of ether oxygens (including phenoxy) is 4. The Morgan fingerprint density at radius 2 is 1.88 bits per heavy atom. The van der Waals surface area contributed by atoms with Crippen LogP contribution >= 0.6 is 11.6 Å². The first-order chi connectivity index (χ1) is 12.6. The molecule has 1 aliphatic heterocycles. The smallest absolute Gasteiger partial charge is 0.338 e. The van der Waals surface area contributed by atoms with Crippen molar-refractivity contribution in [2.45, 2.75) is 0 Å². The molecule has 0 bridgehead atoms. The SMILES string of the molecule is COc1ccc(NC(=O)COC(=O)c2ccc3c(c2)OCCO3)cc1Cl. The van der Waals surface area contributed by atoms with Gasteiger partial charge in [0.05, 0.1) is 17.7 Å². The molecular formula is C18H16ClNO6. The number of carbonyl (C=O) groups is 2. The van der Waals surface area contributed by atoms with Crippen molar-refractivity contribution in [2.24, 2.45) is 0 Å². The second-order valence-electron chi connectivity index (χ2n) is 5.33.